The van der Waals surface area contributed by atoms with E-state index in [0.717, 1.165) is 37.0 Å². The summed E-state index contributed by atoms with van der Waals surface area (Å²) in [6, 6.07) is 1.80. The molecule has 2 aromatic rings. The molecule has 1 saturated heterocycles. The summed E-state index contributed by atoms with van der Waals surface area (Å²) in [7, 11) is 0. The average molecular weight is 318 g/mol. The van der Waals surface area contributed by atoms with Gasteiger partial charge in [0.05, 0.1) is 17.3 Å². The van der Waals surface area contributed by atoms with Gasteiger partial charge in [0.2, 0.25) is 5.91 Å². The monoisotopic (exact) mass is 317 g/mol. The Labute approximate surface area is 128 Å². The number of aromatic nitrogens is 3. The molecule has 1 aliphatic rings. The topological polar surface area (TPSA) is 82.7 Å². The summed E-state index contributed by atoms with van der Waals surface area (Å²) < 4.78 is 0. The molecule has 0 aliphatic carbocycles. The molecule has 8 heteroatoms. The zero-order valence-electron chi connectivity index (χ0n) is 10.8. The number of fused-ring (bicyclic) bond motifs is 1. The summed E-state index contributed by atoms with van der Waals surface area (Å²) in [6.07, 6.45) is 5.13. The summed E-state index contributed by atoms with van der Waals surface area (Å²) in [5.74, 6) is 0.187. The molecular formula is C12H17Cl2N5O. The minimum absolute atomic E-state index is 0. The van der Waals surface area contributed by atoms with E-state index in [9.17, 15) is 4.79 Å². The van der Waals surface area contributed by atoms with Crippen molar-refractivity contribution < 1.29 is 4.79 Å². The van der Waals surface area contributed by atoms with Gasteiger partial charge in [-0.3, -0.25) is 9.89 Å². The van der Waals surface area contributed by atoms with Gasteiger partial charge in [-0.25, -0.2) is 4.98 Å². The van der Waals surface area contributed by atoms with Crippen LogP contribution in [0.2, 0.25) is 0 Å². The number of aromatic amines is 1. The first kappa shape index (κ1) is 16.7. The summed E-state index contributed by atoms with van der Waals surface area (Å²) in [6.45, 7) is 1.82. The number of pyridine rings is 1. The van der Waals surface area contributed by atoms with Crippen LogP contribution in [0.25, 0.3) is 11.0 Å². The van der Waals surface area contributed by atoms with Crippen molar-refractivity contribution in [3.63, 3.8) is 0 Å². The van der Waals surface area contributed by atoms with Crippen LogP contribution in [-0.2, 0) is 4.79 Å². The molecule has 0 saturated carbocycles. The maximum absolute atomic E-state index is 12.1. The second-order valence-electron chi connectivity index (χ2n) is 4.50. The predicted molar refractivity (Wildman–Crippen MR) is 82.6 cm³/mol. The quantitative estimate of drug-likeness (QED) is 0.788. The van der Waals surface area contributed by atoms with Crippen LogP contribution in [0.5, 0.6) is 0 Å². The number of H-pyrrole nitrogens is 1. The maximum atomic E-state index is 12.1. The van der Waals surface area contributed by atoms with Gasteiger partial charge in [0.25, 0.3) is 0 Å². The lowest BCUT2D eigenvalue weighted by Crippen LogP contribution is -2.34. The number of piperidine rings is 1. The van der Waals surface area contributed by atoms with Crippen LogP contribution in [0.15, 0.2) is 18.5 Å². The van der Waals surface area contributed by atoms with Crippen LogP contribution in [0.1, 0.15) is 12.8 Å². The maximum Gasteiger partial charge on any atom is 0.227 e. The van der Waals surface area contributed by atoms with Gasteiger partial charge in [-0.05, 0) is 32.0 Å². The van der Waals surface area contributed by atoms with Gasteiger partial charge in [-0.15, -0.1) is 24.8 Å². The number of amides is 1. The van der Waals surface area contributed by atoms with E-state index >= 15 is 0 Å². The Morgan fingerprint density at radius 2 is 2.05 bits per heavy atom. The molecule has 3 N–H and O–H groups in total. The molecule has 2 aromatic heterocycles. The zero-order chi connectivity index (χ0) is 12.4. The first-order chi connectivity index (χ1) is 8.84. The van der Waals surface area contributed by atoms with Crippen molar-refractivity contribution in [3.8, 4) is 0 Å². The highest BCUT2D eigenvalue weighted by Crippen LogP contribution is 2.21. The summed E-state index contributed by atoms with van der Waals surface area (Å²) >= 11 is 0. The third kappa shape index (κ3) is 3.39. The molecule has 3 heterocycles. The second kappa shape index (κ2) is 7.42. The molecule has 0 bridgehead atoms. The molecule has 0 radical (unpaired) electrons. The molecule has 0 atom stereocenters. The third-order valence-corrected chi connectivity index (χ3v) is 3.32. The van der Waals surface area contributed by atoms with Crippen molar-refractivity contribution in [2.45, 2.75) is 12.8 Å². The summed E-state index contributed by atoms with van der Waals surface area (Å²) in [5.41, 5.74) is 1.47. The van der Waals surface area contributed by atoms with E-state index in [4.69, 9.17) is 0 Å². The minimum Gasteiger partial charge on any atom is -0.325 e. The van der Waals surface area contributed by atoms with Crippen molar-refractivity contribution in [3.05, 3.63) is 18.5 Å². The van der Waals surface area contributed by atoms with Crippen LogP contribution in [0.3, 0.4) is 0 Å². The van der Waals surface area contributed by atoms with E-state index < -0.39 is 0 Å². The van der Waals surface area contributed by atoms with E-state index in [2.05, 4.69) is 25.8 Å². The molecule has 1 aliphatic heterocycles. The van der Waals surface area contributed by atoms with Crippen LogP contribution in [0.4, 0.5) is 5.69 Å². The molecule has 20 heavy (non-hydrogen) atoms. The van der Waals surface area contributed by atoms with Gasteiger partial charge in [0.1, 0.15) is 0 Å². The van der Waals surface area contributed by atoms with Crippen molar-refractivity contribution in [1.29, 1.82) is 0 Å². The number of carbonyl (C=O) groups is 1. The van der Waals surface area contributed by atoms with Gasteiger partial charge in [0.15, 0.2) is 5.65 Å². The van der Waals surface area contributed by atoms with E-state index in [1.807, 2.05) is 0 Å². The van der Waals surface area contributed by atoms with E-state index in [-0.39, 0.29) is 36.6 Å². The molecule has 1 amide bonds. The highest BCUT2D eigenvalue weighted by Gasteiger charge is 2.21. The summed E-state index contributed by atoms with van der Waals surface area (Å²) in [4.78, 5) is 16.3. The van der Waals surface area contributed by atoms with Crippen molar-refractivity contribution in [1.82, 2.24) is 20.5 Å². The predicted octanol–water partition coefficient (Wildman–Crippen LogP) is 1.74. The highest BCUT2D eigenvalue weighted by molar-refractivity contribution is 6.00. The van der Waals surface area contributed by atoms with Crippen molar-refractivity contribution >= 4 is 47.4 Å². The fraction of sp³-hybridized carbons (Fsp3) is 0.417. The smallest absolute Gasteiger partial charge is 0.227 e. The van der Waals surface area contributed by atoms with Crippen LogP contribution in [0, 0.1) is 5.92 Å². The number of carbonyl (C=O) groups excluding carboxylic acids is 1. The second-order valence-corrected chi connectivity index (χ2v) is 4.50. The largest absolute Gasteiger partial charge is 0.325 e. The van der Waals surface area contributed by atoms with E-state index in [0.29, 0.717) is 5.65 Å². The first-order valence-electron chi connectivity index (χ1n) is 6.14. The molecule has 0 aromatic carbocycles. The first-order valence-corrected chi connectivity index (χ1v) is 6.14. The Balaban J connectivity index is 0.000001000. The third-order valence-electron chi connectivity index (χ3n) is 3.32. The van der Waals surface area contributed by atoms with E-state index in [1.54, 1.807) is 18.5 Å². The highest BCUT2D eigenvalue weighted by atomic mass is 35.5. The standard InChI is InChI=1S/C12H15N5O.2ClH/c18-12(8-1-4-13-5-2-8)16-10-3-6-14-11-9(10)7-15-17-11;;/h3,6-8,13H,1-2,4-5H2,(H2,14,15,16,17,18);2*1H. The Morgan fingerprint density at radius 1 is 1.30 bits per heavy atom. The van der Waals surface area contributed by atoms with Gasteiger partial charge in [0, 0.05) is 12.1 Å². The summed E-state index contributed by atoms with van der Waals surface area (Å²) in [5, 5.41) is 13.8. The molecular weight excluding hydrogens is 301 g/mol. The van der Waals surface area contributed by atoms with E-state index in [1.165, 1.54) is 0 Å². The van der Waals surface area contributed by atoms with Crippen molar-refractivity contribution in [2.24, 2.45) is 5.92 Å². The number of halogens is 2. The Hall–Kier alpha value is -1.37. The molecule has 110 valence electrons. The molecule has 6 nitrogen and oxygen atoms in total. The SMILES string of the molecule is Cl.Cl.O=C(Nc1ccnc2[nH]ncc12)C1CCNCC1. The van der Waals surface area contributed by atoms with Gasteiger partial charge < -0.3 is 10.6 Å². The molecule has 0 unspecified atom stereocenters. The lowest BCUT2D eigenvalue weighted by atomic mass is 9.97. The lowest BCUT2D eigenvalue weighted by molar-refractivity contribution is -0.120. The fourth-order valence-corrected chi connectivity index (χ4v) is 2.28. The van der Waals surface area contributed by atoms with Gasteiger partial charge in [-0.1, -0.05) is 0 Å². The molecule has 3 rings (SSSR count). The van der Waals surface area contributed by atoms with Crippen molar-refractivity contribution in [2.75, 3.05) is 18.4 Å². The van der Waals surface area contributed by atoms with Crippen LogP contribution >= 0.6 is 24.8 Å². The number of hydrogen-bond donors (Lipinski definition) is 3. The number of hydrogen-bond acceptors (Lipinski definition) is 4. The minimum atomic E-state index is 0. The Bertz CT molecular complexity index is 568. The van der Waals surface area contributed by atoms with Crippen LogP contribution in [-0.4, -0.2) is 34.2 Å². The normalized spacial score (nSPS) is 15.2. The zero-order valence-corrected chi connectivity index (χ0v) is 12.4. The number of nitrogens with zero attached hydrogens (tertiary/aromatic N) is 2. The fourth-order valence-electron chi connectivity index (χ4n) is 2.28. The number of nitrogens with one attached hydrogen (secondary N) is 3. The van der Waals surface area contributed by atoms with Crippen LogP contribution < -0.4 is 10.6 Å². The molecule has 0 spiro atoms. The Kier molecular flexibility index (Phi) is 6.19. The lowest BCUT2D eigenvalue weighted by Gasteiger charge is -2.21. The molecule has 1 fully saturated rings. The average Bonchev–Trinajstić information content (AvgIpc) is 2.89. The number of rotatable bonds is 2. The van der Waals surface area contributed by atoms with Gasteiger partial charge in [-0.2, -0.15) is 5.10 Å². The Morgan fingerprint density at radius 3 is 2.80 bits per heavy atom. The number of anilines is 1. The van der Waals surface area contributed by atoms with Gasteiger partial charge >= 0.3 is 0 Å².